The maximum Gasteiger partial charge on any atom is 0.157 e. The molecule has 6 heteroatoms. The third-order valence-electron chi connectivity index (χ3n) is 1.57. The summed E-state index contributed by atoms with van der Waals surface area (Å²) in [6, 6.07) is 0.0234. The molecule has 1 unspecified atom stereocenters. The summed E-state index contributed by atoms with van der Waals surface area (Å²) in [6.45, 7) is 5.26. The van der Waals surface area contributed by atoms with Gasteiger partial charge in [0, 0.05) is 12.3 Å². The average Bonchev–Trinajstić information content (AvgIpc) is 1.96. The van der Waals surface area contributed by atoms with E-state index in [2.05, 4.69) is 10.4 Å². The molecule has 0 rings (SSSR count). The number of hydrogen-bond donors (Lipinski definition) is 2. The SMILES string of the molecule is CC(C)N=C(NN)C(C)S(C)(=O)=O. The Morgan fingerprint density at radius 1 is 1.38 bits per heavy atom. The molecule has 0 aromatic rings. The van der Waals surface area contributed by atoms with Crippen molar-refractivity contribution >= 4 is 15.7 Å². The van der Waals surface area contributed by atoms with Crippen LogP contribution >= 0.6 is 0 Å². The topological polar surface area (TPSA) is 84.5 Å². The highest BCUT2D eigenvalue weighted by Crippen LogP contribution is 2.00. The molecule has 0 amide bonds. The minimum absolute atomic E-state index is 0.0234. The molecule has 0 aliphatic heterocycles. The van der Waals surface area contributed by atoms with Crippen LogP contribution in [-0.2, 0) is 9.84 Å². The number of aliphatic imine (C=N–C) groups is 1. The Morgan fingerprint density at radius 3 is 2.08 bits per heavy atom. The summed E-state index contributed by atoms with van der Waals surface area (Å²) in [5.41, 5.74) is 2.31. The first-order valence-electron chi connectivity index (χ1n) is 4.02. The summed E-state index contributed by atoms with van der Waals surface area (Å²) in [5, 5.41) is -0.681. The van der Waals surface area contributed by atoms with E-state index in [-0.39, 0.29) is 6.04 Å². The van der Waals surface area contributed by atoms with Crippen molar-refractivity contribution in [2.75, 3.05) is 6.26 Å². The van der Waals surface area contributed by atoms with Crippen LogP contribution in [0.15, 0.2) is 4.99 Å². The molecule has 5 nitrogen and oxygen atoms in total. The molecule has 0 heterocycles. The van der Waals surface area contributed by atoms with Crippen molar-refractivity contribution in [3.8, 4) is 0 Å². The smallest absolute Gasteiger partial charge is 0.157 e. The van der Waals surface area contributed by atoms with Gasteiger partial charge in [-0.05, 0) is 20.8 Å². The van der Waals surface area contributed by atoms with Crippen molar-refractivity contribution in [1.29, 1.82) is 0 Å². The molecule has 78 valence electrons. The second-order valence-electron chi connectivity index (χ2n) is 3.22. The number of sulfone groups is 1. The zero-order valence-electron chi connectivity index (χ0n) is 8.40. The molecular weight excluding hydrogens is 190 g/mol. The van der Waals surface area contributed by atoms with Crippen molar-refractivity contribution < 1.29 is 8.42 Å². The number of rotatable bonds is 3. The van der Waals surface area contributed by atoms with Crippen molar-refractivity contribution in [3.63, 3.8) is 0 Å². The Morgan fingerprint density at radius 2 is 1.85 bits per heavy atom. The maximum atomic E-state index is 11.1. The predicted octanol–water partition coefficient (Wildman–Crippen LogP) is -0.310. The van der Waals surface area contributed by atoms with E-state index in [1.807, 2.05) is 13.8 Å². The standard InChI is InChI=1S/C7H17N3O2S/c1-5(2)9-7(10-8)6(3)13(4,11)12/h5-6H,8H2,1-4H3,(H,9,10). The molecule has 1 atom stereocenters. The first kappa shape index (κ1) is 12.4. The van der Waals surface area contributed by atoms with Crippen molar-refractivity contribution in [2.45, 2.75) is 32.1 Å². The molecule has 0 spiro atoms. The van der Waals surface area contributed by atoms with Gasteiger partial charge in [0.1, 0.15) is 11.1 Å². The molecule has 3 N–H and O–H groups in total. The van der Waals surface area contributed by atoms with Gasteiger partial charge >= 0.3 is 0 Å². The maximum absolute atomic E-state index is 11.1. The van der Waals surface area contributed by atoms with Crippen molar-refractivity contribution in [1.82, 2.24) is 5.43 Å². The molecule has 0 aromatic carbocycles. The van der Waals surface area contributed by atoms with Gasteiger partial charge in [-0.2, -0.15) is 0 Å². The van der Waals surface area contributed by atoms with Crippen LogP contribution in [0.4, 0.5) is 0 Å². The number of nitrogens with two attached hydrogens (primary N) is 1. The van der Waals surface area contributed by atoms with Crippen LogP contribution in [0.1, 0.15) is 20.8 Å². The summed E-state index contributed by atoms with van der Waals surface area (Å²) in [6.07, 6.45) is 1.16. The number of hydrazine groups is 1. The van der Waals surface area contributed by atoms with Gasteiger partial charge in [0.05, 0.1) is 0 Å². The second-order valence-corrected chi connectivity index (χ2v) is 5.59. The third kappa shape index (κ3) is 4.23. The van der Waals surface area contributed by atoms with Gasteiger partial charge < -0.3 is 5.43 Å². The molecule has 0 aliphatic rings. The minimum atomic E-state index is -3.13. The van der Waals surface area contributed by atoms with Gasteiger partial charge in [-0.3, -0.25) is 4.99 Å². The van der Waals surface area contributed by atoms with Crippen LogP contribution in [-0.4, -0.2) is 31.8 Å². The normalized spacial score (nSPS) is 16.0. The van der Waals surface area contributed by atoms with Crippen LogP contribution < -0.4 is 11.3 Å². The van der Waals surface area contributed by atoms with E-state index >= 15 is 0 Å². The lowest BCUT2D eigenvalue weighted by Crippen LogP contribution is -2.42. The van der Waals surface area contributed by atoms with Crippen molar-refractivity contribution in [3.05, 3.63) is 0 Å². The summed E-state index contributed by atoms with van der Waals surface area (Å²) < 4.78 is 22.3. The van der Waals surface area contributed by atoms with Crippen LogP contribution in [0.2, 0.25) is 0 Å². The molecule has 0 saturated carbocycles. The average molecular weight is 207 g/mol. The summed E-state index contributed by atoms with van der Waals surface area (Å²) in [4.78, 5) is 4.06. The Labute approximate surface area is 79.3 Å². The molecule has 13 heavy (non-hydrogen) atoms. The van der Waals surface area contributed by atoms with E-state index in [9.17, 15) is 8.42 Å². The highest BCUT2D eigenvalue weighted by atomic mass is 32.2. The lowest BCUT2D eigenvalue weighted by Gasteiger charge is -2.13. The van der Waals surface area contributed by atoms with Crippen molar-refractivity contribution in [2.24, 2.45) is 10.8 Å². The lowest BCUT2D eigenvalue weighted by atomic mass is 10.4. The van der Waals surface area contributed by atoms with E-state index in [0.29, 0.717) is 5.84 Å². The Bertz CT molecular complexity index is 282. The number of hydrogen-bond acceptors (Lipinski definition) is 4. The van der Waals surface area contributed by atoms with Gasteiger partial charge in [0.15, 0.2) is 9.84 Å². The van der Waals surface area contributed by atoms with E-state index in [4.69, 9.17) is 5.84 Å². The van der Waals surface area contributed by atoms with Gasteiger partial charge in [0.25, 0.3) is 0 Å². The molecule has 0 radical (unpaired) electrons. The molecule has 0 saturated heterocycles. The van der Waals surface area contributed by atoms with E-state index in [1.165, 1.54) is 0 Å². The first-order valence-corrected chi connectivity index (χ1v) is 5.97. The Balaban J connectivity index is 4.81. The largest absolute Gasteiger partial charge is 0.311 e. The van der Waals surface area contributed by atoms with Gasteiger partial charge in [-0.1, -0.05) is 0 Å². The van der Waals surface area contributed by atoms with Gasteiger partial charge in [0.2, 0.25) is 0 Å². The summed E-state index contributed by atoms with van der Waals surface area (Å²) >= 11 is 0. The van der Waals surface area contributed by atoms with Gasteiger partial charge in [-0.25, -0.2) is 14.3 Å². The minimum Gasteiger partial charge on any atom is -0.311 e. The lowest BCUT2D eigenvalue weighted by molar-refractivity contribution is 0.597. The Kier molecular flexibility index (Phi) is 4.35. The highest BCUT2D eigenvalue weighted by Gasteiger charge is 2.20. The summed E-state index contributed by atoms with van der Waals surface area (Å²) in [5.74, 6) is 5.48. The number of nitrogens with one attached hydrogen (secondary N) is 1. The first-order chi connectivity index (χ1) is 5.79. The molecule has 0 aromatic heterocycles. The van der Waals surface area contributed by atoms with E-state index in [0.717, 1.165) is 6.26 Å². The molecular formula is C7H17N3O2S. The number of nitrogens with zero attached hydrogens (tertiary/aromatic N) is 1. The molecule has 0 aliphatic carbocycles. The van der Waals surface area contributed by atoms with Crippen LogP contribution in [0.3, 0.4) is 0 Å². The zero-order valence-corrected chi connectivity index (χ0v) is 9.22. The second kappa shape index (κ2) is 4.57. The number of amidine groups is 1. The van der Waals surface area contributed by atoms with Crippen LogP contribution in [0.5, 0.6) is 0 Å². The fourth-order valence-electron chi connectivity index (χ4n) is 0.741. The van der Waals surface area contributed by atoms with E-state index < -0.39 is 15.1 Å². The van der Waals surface area contributed by atoms with E-state index in [1.54, 1.807) is 6.92 Å². The summed E-state index contributed by atoms with van der Waals surface area (Å²) in [7, 11) is -3.13. The van der Waals surface area contributed by atoms with Crippen LogP contribution in [0.25, 0.3) is 0 Å². The zero-order chi connectivity index (χ0) is 10.6. The van der Waals surface area contributed by atoms with Crippen LogP contribution in [0, 0.1) is 0 Å². The van der Waals surface area contributed by atoms with Gasteiger partial charge in [-0.15, -0.1) is 0 Å². The third-order valence-corrected chi connectivity index (χ3v) is 3.08. The Hall–Kier alpha value is -0.620. The fourth-order valence-corrected chi connectivity index (χ4v) is 1.27. The monoisotopic (exact) mass is 207 g/mol. The highest BCUT2D eigenvalue weighted by molar-refractivity contribution is 7.92. The fraction of sp³-hybridized carbons (Fsp3) is 0.857. The quantitative estimate of drug-likeness (QED) is 0.288. The predicted molar refractivity (Wildman–Crippen MR) is 54.2 cm³/mol. The molecule has 0 bridgehead atoms. The molecule has 0 fully saturated rings.